The number of aromatic amines is 1. The molecule has 1 aliphatic heterocycles. The molecule has 0 spiro atoms. The van der Waals surface area contributed by atoms with E-state index in [2.05, 4.69) is 9.84 Å². The number of halogens is 3. The van der Waals surface area contributed by atoms with Crippen molar-refractivity contribution in [2.24, 2.45) is 0 Å². The first-order valence-corrected chi connectivity index (χ1v) is 8.94. The number of fused-ring (bicyclic) bond motifs is 2. The minimum atomic E-state index is -4.87. The summed E-state index contributed by atoms with van der Waals surface area (Å²) in [5.41, 5.74) is 0.0572. The number of aromatic nitrogens is 2. The Kier molecular flexibility index (Phi) is 4.20. The van der Waals surface area contributed by atoms with Crippen molar-refractivity contribution in [3.63, 3.8) is 0 Å². The van der Waals surface area contributed by atoms with Crippen LogP contribution in [0, 0.1) is 6.92 Å². The molecule has 0 aliphatic carbocycles. The van der Waals surface area contributed by atoms with Crippen molar-refractivity contribution >= 4 is 10.9 Å². The van der Waals surface area contributed by atoms with Crippen molar-refractivity contribution in [2.45, 2.75) is 44.9 Å². The Hall–Kier alpha value is -2.94. The number of nitrogens with zero attached hydrogens (tertiary/aromatic N) is 1. The van der Waals surface area contributed by atoms with Crippen LogP contribution in [0.1, 0.15) is 31.0 Å². The fourth-order valence-corrected chi connectivity index (χ4v) is 3.76. The Morgan fingerprint density at radius 3 is 2.62 bits per heavy atom. The fourth-order valence-electron chi connectivity index (χ4n) is 3.76. The summed E-state index contributed by atoms with van der Waals surface area (Å²) in [5.74, 6) is -0.195. The standard InChI is InChI=1S/C20H19F3N2O4/c1-10-5-4-6-13-15(10)18(27)25(24-13)16-12-9-11(28-20(21,22)23)7-8-14(12)29-19(2,3)17(16)26/h4-9,16-17,24,26H,1-3H3. The second kappa shape index (κ2) is 6.28. The molecule has 2 atom stereocenters. The lowest BCUT2D eigenvalue weighted by Crippen LogP contribution is -2.52. The van der Waals surface area contributed by atoms with Crippen molar-refractivity contribution < 1.29 is 27.8 Å². The van der Waals surface area contributed by atoms with Crippen LogP contribution >= 0.6 is 0 Å². The third-order valence-corrected chi connectivity index (χ3v) is 5.14. The highest BCUT2D eigenvalue weighted by Gasteiger charge is 2.45. The number of alkyl halides is 3. The zero-order chi connectivity index (χ0) is 21.1. The molecule has 1 aliphatic rings. The monoisotopic (exact) mass is 408 g/mol. The minimum Gasteiger partial charge on any atom is -0.485 e. The fraction of sp³-hybridized carbons (Fsp3) is 0.350. The Morgan fingerprint density at radius 2 is 1.97 bits per heavy atom. The average Bonchev–Trinajstić information content (AvgIpc) is 2.93. The van der Waals surface area contributed by atoms with Gasteiger partial charge >= 0.3 is 6.36 Å². The third kappa shape index (κ3) is 3.25. The van der Waals surface area contributed by atoms with Crippen LogP contribution in [0.2, 0.25) is 0 Å². The highest BCUT2D eigenvalue weighted by molar-refractivity contribution is 5.81. The largest absolute Gasteiger partial charge is 0.573 e. The van der Waals surface area contributed by atoms with Gasteiger partial charge in [-0.3, -0.25) is 9.89 Å². The van der Waals surface area contributed by atoms with E-state index in [0.29, 0.717) is 10.9 Å². The predicted molar refractivity (Wildman–Crippen MR) is 99.3 cm³/mol. The second-order valence-corrected chi connectivity index (χ2v) is 7.63. The molecule has 2 aromatic carbocycles. The maximum Gasteiger partial charge on any atom is 0.573 e. The van der Waals surface area contributed by atoms with Gasteiger partial charge in [-0.15, -0.1) is 13.2 Å². The number of benzene rings is 2. The molecule has 0 fully saturated rings. The quantitative estimate of drug-likeness (QED) is 0.679. The molecule has 2 N–H and O–H groups in total. The first-order chi connectivity index (χ1) is 13.5. The summed E-state index contributed by atoms with van der Waals surface area (Å²) < 4.78 is 49.1. The lowest BCUT2D eigenvalue weighted by molar-refractivity contribution is -0.274. The van der Waals surface area contributed by atoms with Crippen molar-refractivity contribution in [3.05, 3.63) is 57.9 Å². The zero-order valence-electron chi connectivity index (χ0n) is 15.9. The Labute approximate surface area is 163 Å². The van der Waals surface area contributed by atoms with Crippen LogP contribution in [0.25, 0.3) is 10.9 Å². The van der Waals surface area contributed by atoms with E-state index in [0.717, 1.165) is 17.7 Å². The van der Waals surface area contributed by atoms with Gasteiger partial charge in [0.05, 0.1) is 10.9 Å². The summed E-state index contributed by atoms with van der Waals surface area (Å²) in [6.45, 7) is 5.08. The molecular formula is C20H19F3N2O4. The van der Waals surface area contributed by atoms with Crippen LogP contribution in [0.4, 0.5) is 13.2 Å². The SMILES string of the molecule is Cc1cccc2[nH]n(C3c4cc(OC(F)(F)F)ccc4OC(C)(C)C3O)c(=O)c12. The van der Waals surface area contributed by atoms with E-state index in [1.165, 1.54) is 10.7 Å². The molecule has 0 amide bonds. The number of ether oxygens (including phenoxy) is 2. The molecule has 6 nitrogen and oxygen atoms in total. The van der Waals surface area contributed by atoms with Crippen molar-refractivity contribution in [2.75, 3.05) is 0 Å². The number of hydrogen-bond acceptors (Lipinski definition) is 4. The number of aliphatic hydroxyl groups excluding tert-OH is 1. The molecule has 0 saturated carbocycles. The van der Waals surface area contributed by atoms with Gasteiger partial charge in [0.1, 0.15) is 29.2 Å². The highest BCUT2D eigenvalue weighted by Crippen LogP contribution is 2.43. The Balaban J connectivity index is 1.93. The molecule has 3 aromatic rings. The van der Waals surface area contributed by atoms with E-state index < -0.39 is 29.9 Å². The van der Waals surface area contributed by atoms with Gasteiger partial charge in [0.15, 0.2) is 0 Å². The van der Waals surface area contributed by atoms with Gasteiger partial charge in [0.25, 0.3) is 5.56 Å². The molecule has 29 heavy (non-hydrogen) atoms. The van der Waals surface area contributed by atoms with Gasteiger partial charge in [-0.05, 0) is 50.6 Å². The molecule has 1 aromatic heterocycles. The molecule has 2 unspecified atom stereocenters. The van der Waals surface area contributed by atoms with E-state index >= 15 is 0 Å². The minimum absolute atomic E-state index is 0.213. The van der Waals surface area contributed by atoms with Gasteiger partial charge in [0.2, 0.25) is 0 Å². The summed E-state index contributed by atoms with van der Waals surface area (Å²) in [6, 6.07) is 7.91. The van der Waals surface area contributed by atoms with Gasteiger partial charge < -0.3 is 14.6 Å². The van der Waals surface area contributed by atoms with E-state index in [4.69, 9.17) is 4.74 Å². The molecular weight excluding hydrogens is 389 g/mol. The molecule has 0 radical (unpaired) electrons. The predicted octanol–water partition coefficient (Wildman–Crippen LogP) is 3.66. The topological polar surface area (TPSA) is 76.5 Å². The molecule has 0 bridgehead atoms. The summed E-state index contributed by atoms with van der Waals surface area (Å²) in [5, 5.41) is 14.4. The molecule has 154 valence electrons. The number of H-pyrrole nitrogens is 1. The lowest BCUT2D eigenvalue weighted by Gasteiger charge is -2.42. The van der Waals surface area contributed by atoms with Crippen LogP contribution in [-0.4, -0.2) is 33.0 Å². The Bertz CT molecular complexity index is 1150. The van der Waals surface area contributed by atoms with Gasteiger partial charge in [-0.25, -0.2) is 4.68 Å². The number of aryl methyl sites for hydroxylation is 1. The molecule has 9 heteroatoms. The van der Waals surface area contributed by atoms with Crippen LogP contribution < -0.4 is 15.0 Å². The second-order valence-electron chi connectivity index (χ2n) is 7.63. The van der Waals surface area contributed by atoms with Crippen molar-refractivity contribution in [3.8, 4) is 11.5 Å². The summed E-state index contributed by atoms with van der Waals surface area (Å²) in [4.78, 5) is 13.1. The van der Waals surface area contributed by atoms with E-state index in [9.17, 15) is 23.1 Å². The number of hydrogen-bond donors (Lipinski definition) is 2. The Morgan fingerprint density at radius 1 is 1.24 bits per heavy atom. The molecule has 4 rings (SSSR count). The summed E-state index contributed by atoms with van der Waals surface area (Å²) in [6.07, 6.45) is -6.09. The normalized spacial score (nSPS) is 20.9. The number of aliphatic hydroxyl groups is 1. The third-order valence-electron chi connectivity index (χ3n) is 5.14. The average molecular weight is 408 g/mol. The van der Waals surface area contributed by atoms with Crippen molar-refractivity contribution in [1.82, 2.24) is 9.78 Å². The smallest absolute Gasteiger partial charge is 0.485 e. The maximum atomic E-state index is 13.1. The van der Waals surface area contributed by atoms with E-state index in [1.807, 2.05) is 0 Å². The lowest BCUT2D eigenvalue weighted by atomic mass is 9.86. The van der Waals surface area contributed by atoms with Crippen LogP contribution in [0.15, 0.2) is 41.2 Å². The highest BCUT2D eigenvalue weighted by atomic mass is 19.4. The first kappa shape index (κ1) is 19.4. The van der Waals surface area contributed by atoms with Gasteiger partial charge in [-0.2, -0.15) is 0 Å². The van der Waals surface area contributed by atoms with Crippen LogP contribution in [0.5, 0.6) is 11.5 Å². The molecule has 0 saturated heterocycles. The van der Waals surface area contributed by atoms with E-state index in [1.54, 1.807) is 39.0 Å². The molecule has 2 heterocycles. The van der Waals surface area contributed by atoms with Gasteiger partial charge in [0, 0.05) is 5.56 Å². The van der Waals surface area contributed by atoms with E-state index in [-0.39, 0.29) is 16.9 Å². The van der Waals surface area contributed by atoms with Crippen molar-refractivity contribution in [1.29, 1.82) is 0 Å². The van der Waals surface area contributed by atoms with Crippen LogP contribution in [-0.2, 0) is 0 Å². The van der Waals surface area contributed by atoms with Crippen LogP contribution in [0.3, 0.4) is 0 Å². The zero-order valence-corrected chi connectivity index (χ0v) is 15.9. The number of nitrogens with one attached hydrogen (secondary N) is 1. The summed E-state index contributed by atoms with van der Waals surface area (Å²) in [7, 11) is 0. The first-order valence-electron chi connectivity index (χ1n) is 8.94. The maximum absolute atomic E-state index is 13.1. The van der Waals surface area contributed by atoms with Gasteiger partial charge in [-0.1, -0.05) is 12.1 Å². The summed E-state index contributed by atoms with van der Waals surface area (Å²) >= 11 is 0. The number of rotatable bonds is 2.